The molecule has 0 aliphatic carbocycles. The summed E-state index contributed by atoms with van der Waals surface area (Å²) >= 11 is 0. The van der Waals surface area contributed by atoms with Gasteiger partial charge in [-0.25, -0.2) is 0 Å². The number of benzene rings is 2. The first kappa shape index (κ1) is 17.7. The number of aryl methyl sites for hydroxylation is 3. The normalized spacial score (nSPS) is 19.6. The average Bonchev–Trinajstić information content (AvgIpc) is 2.57. The lowest BCUT2D eigenvalue weighted by Gasteiger charge is -2.38. The molecule has 1 saturated heterocycles. The van der Waals surface area contributed by atoms with Gasteiger partial charge in [-0.3, -0.25) is 9.69 Å². The monoisotopic (exact) mass is 337 g/mol. The molecule has 1 heterocycles. The van der Waals surface area contributed by atoms with E-state index < -0.39 is 5.97 Å². The third-order valence-corrected chi connectivity index (χ3v) is 5.24. The minimum atomic E-state index is -0.673. The maximum Gasteiger partial charge on any atom is 0.307 e. The molecule has 1 N–H and O–H groups in total. The molecule has 1 aliphatic heterocycles. The summed E-state index contributed by atoms with van der Waals surface area (Å²) < 4.78 is 0. The molecule has 0 saturated carbocycles. The summed E-state index contributed by atoms with van der Waals surface area (Å²) in [4.78, 5) is 13.9. The van der Waals surface area contributed by atoms with E-state index in [4.69, 9.17) is 0 Å². The van der Waals surface area contributed by atoms with E-state index in [0.29, 0.717) is 6.54 Å². The third-order valence-electron chi connectivity index (χ3n) is 5.24. The Balaban J connectivity index is 2.04. The number of hydrogen-bond acceptors (Lipinski definition) is 2. The van der Waals surface area contributed by atoms with Gasteiger partial charge < -0.3 is 5.11 Å². The molecule has 2 unspecified atom stereocenters. The second kappa shape index (κ2) is 7.40. The molecule has 1 aliphatic rings. The highest BCUT2D eigenvalue weighted by atomic mass is 16.4. The van der Waals surface area contributed by atoms with Crippen LogP contribution in [0.1, 0.15) is 46.7 Å². The number of aliphatic carboxylic acids is 1. The van der Waals surface area contributed by atoms with Crippen LogP contribution in [0.3, 0.4) is 0 Å². The number of piperidine rings is 1. The Morgan fingerprint density at radius 3 is 2.56 bits per heavy atom. The zero-order chi connectivity index (χ0) is 18.0. The lowest BCUT2D eigenvalue weighted by molar-refractivity contribution is -0.143. The van der Waals surface area contributed by atoms with Crippen LogP contribution in [0.15, 0.2) is 42.5 Å². The van der Waals surface area contributed by atoms with Gasteiger partial charge in [-0.1, -0.05) is 53.6 Å². The Labute approximate surface area is 150 Å². The fourth-order valence-electron chi connectivity index (χ4n) is 4.00. The van der Waals surface area contributed by atoms with Gasteiger partial charge in [-0.05, 0) is 56.8 Å². The van der Waals surface area contributed by atoms with Crippen LogP contribution in [0.25, 0.3) is 0 Å². The highest BCUT2D eigenvalue weighted by Crippen LogP contribution is 2.34. The molecule has 2 aromatic rings. The summed E-state index contributed by atoms with van der Waals surface area (Å²) in [7, 11) is 0. The van der Waals surface area contributed by atoms with E-state index in [9.17, 15) is 9.90 Å². The lowest BCUT2D eigenvalue weighted by atomic mass is 9.88. The number of carboxylic acids is 1. The quantitative estimate of drug-likeness (QED) is 0.893. The Hall–Kier alpha value is -2.13. The largest absolute Gasteiger partial charge is 0.481 e. The van der Waals surface area contributed by atoms with Crippen molar-refractivity contribution in [1.82, 2.24) is 4.90 Å². The maximum absolute atomic E-state index is 11.5. The van der Waals surface area contributed by atoms with Crippen LogP contribution in [-0.4, -0.2) is 29.1 Å². The molecular formula is C22H27NO2. The first-order valence-electron chi connectivity index (χ1n) is 9.06. The summed E-state index contributed by atoms with van der Waals surface area (Å²) in [6.45, 7) is 7.93. The van der Waals surface area contributed by atoms with Gasteiger partial charge in [0, 0.05) is 6.54 Å². The van der Waals surface area contributed by atoms with Crippen molar-refractivity contribution in [2.24, 2.45) is 5.92 Å². The number of carboxylic acid groups (broad SMARTS) is 1. The van der Waals surface area contributed by atoms with E-state index in [0.717, 1.165) is 19.4 Å². The minimum absolute atomic E-state index is 0.114. The van der Waals surface area contributed by atoms with Gasteiger partial charge >= 0.3 is 5.97 Å². The van der Waals surface area contributed by atoms with Crippen molar-refractivity contribution >= 4 is 5.97 Å². The van der Waals surface area contributed by atoms with Crippen molar-refractivity contribution in [2.45, 2.75) is 39.7 Å². The fraction of sp³-hybridized carbons (Fsp3) is 0.409. The number of likely N-dealkylation sites (tertiary alicyclic amines) is 1. The molecule has 0 radical (unpaired) electrons. The van der Waals surface area contributed by atoms with Crippen LogP contribution >= 0.6 is 0 Å². The molecule has 2 atom stereocenters. The van der Waals surface area contributed by atoms with Crippen molar-refractivity contribution in [3.8, 4) is 0 Å². The highest BCUT2D eigenvalue weighted by Gasteiger charge is 2.31. The zero-order valence-corrected chi connectivity index (χ0v) is 15.3. The maximum atomic E-state index is 11.5. The number of rotatable bonds is 4. The molecular weight excluding hydrogens is 310 g/mol. The molecule has 3 nitrogen and oxygen atoms in total. The molecule has 1 fully saturated rings. The molecule has 0 spiro atoms. The predicted octanol–water partition coefficient (Wildman–Crippen LogP) is 4.50. The third kappa shape index (κ3) is 3.93. The van der Waals surface area contributed by atoms with Crippen molar-refractivity contribution < 1.29 is 9.90 Å². The number of nitrogens with zero attached hydrogens (tertiary/aromatic N) is 1. The van der Waals surface area contributed by atoms with E-state index in [1.54, 1.807) is 0 Å². The smallest absolute Gasteiger partial charge is 0.307 e. The first-order chi connectivity index (χ1) is 12.0. The van der Waals surface area contributed by atoms with E-state index >= 15 is 0 Å². The van der Waals surface area contributed by atoms with Crippen LogP contribution < -0.4 is 0 Å². The fourth-order valence-corrected chi connectivity index (χ4v) is 4.00. The Morgan fingerprint density at radius 1 is 1.12 bits per heavy atom. The summed E-state index contributed by atoms with van der Waals surface area (Å²) in [5, 5.41) is 9.49. The van der Waals surface area contributed by atoms with Gasteiger partial charge in [0.1, 0.15) is 0 Å². The van der Waals surface area contributed by atoms with Gasteiger partial charge in [0.25, 0.3) is 0 Å². The van der Waals surface area contributed by atoms with Crippen molar-refractivity contribution in [3.05, 3.63) is 70.3 Å². The lowest BCUT2D eigenvalue weighted by Crippen LogP contribution is -2.41. The predicted molar refractivity (Wildman–Crippen MR) is 101 cm³/mol. The van der Waals surface area contributed by atoms with Crippen LogP contribution in [0.2, 0.25) is 0 Å². The molecule has 3 heteroatoms. The average molecular weight is 337 g/mol. The molecule has 0 bridgehead atoms. The first-order valence-corrected chi connectivity index (χ1v) is 9.06. The topological polar surface area (TPSA) is 40.5 Å². The SMILES string of the molecule is Cc1cccc(C(c2ccc(C)cc2C)N2CCCC(C(=O)O)C2)c1. The van der Waals surface area contributed by atoms with Gasteiger partial charge in [-0.2, -0.15) is 0 Å². The molecule has 0 amide bonds. The number of carbonyl (C=O) groups is 1. The van der Waals surface area contributed by atoms with Crippen LogP contribution in [0, 0.1) is 26.7 Å². The Kier molecular flexibility index (Phi) is 5.24. The van der Waals surface area contributed by atoms with Crippen LogP contribution in [0.5, 0.6) is 0 Å². The Bertz CT molecular complexity index is 768. The van der Waals surface area contributed by atoms with Crippen molar-refractivity contribution in [1.29, 1.82) is 0 Å². The van der Waals surface area contributed by atoms with Gasteiger partial charge in [0.15, 0.2) is 0 Å². The summed E-state index contributed by atoms with van der Waals surface area (Å²) in [6, 6.07) is 15.3. The molecule has 3 rings (SSSR count). The summed E-state index contributed by atoms with van der Waals surface area (Å²) in [6.07, 6.45) is 1.71. The standard InChI is InChI=1S/C22H27NO2/c1-15-6-4-7-18(13-15)21(20-10-9-16(2)12-17(20)3)23-11-5-8-19(14-23)22(24)25/h4,6-7,9-10,12-13,19,21H,5,8,11,14H2,1-3H3,(H,24,25). The van der Waals surface area contributed by atoms with E-state index in [-0.39, 0.29) is 12.0 Å². The van der Waals surface area contributed by atoms with Crippen molar-refractivity contribution in [2.75, 3.05) is 13.1 Å². The zero-order valence-electron chi connectivity index (χ0n) is 15.3. The molecule has 25 heavy (non-hydrogen) atoms. The van der Waals surface area contributed by atoms with Crippen LogP contribution in [-0.2, 0) is 4.79 Å². The second-order valence-corrected chi connectivity index (χ2v) is 7.35. The summed E-state index contributed by atoms with van der Waals surface area (Å²) in [5.41, 5.74) is 6.29. The van der Waals surface area contributed by atoms with Crippen LogP contribution in [0.4, 0.5) is 0 Å². The van der Waals surface area contributed by atoms with Gasteiger partial charge in [-0.15, -0.1) is 0 Å². The van der Waals surface area contributed by atoms with E-state index in [2.05, 4.69) is 68.1 Å². The highest BCUT2D eigenvalue weighted by molar-refractivity contribution is 5.70. The minimum Gasteiger partial charge on any atom is -0.481 e. The number of hydrogen-bond donors (Lipinski definition) is 1. The van der Waals surface area contributed by atoms with Gasteiger partial charge in [0.2, 0.25) is 0 Å². The van der Waals surface area contributed by atoms with Gasteiger partial charge in [0.05, 0.1) is 12.0 Å². The van der Waals surface area contributed by atoms with E-state index in [1.807, 2.05) is 0 Å². The molecule has 132 valence electrons. The van der Waals surface area contributed by atoms with E-state index in [1.165, 1.54) is 27.8 Å². The summed E-state index contributed by atoms with van der Waals surface area (Å²) in [5.74, 6) is -0.944. The molecule has 2 aromatic carbocycles. The molecule has 0 aromatic heterocycles. The Morgan fingerprint density at radius 2 is 1.88 bits per heavy atom. The second-order valence-electron chi connectivity index (χ2n) is 7.35. The van der Waals surface area contributed by atoms with Crippen molar-refractivity contribution in [3.63, 3.8) is 0 Å².